The third-order valence-electron chi connectivity index (χ3n) is 2.71. The van der Waals surface area contributed by atoms with Crippen molar-refractivity contribution < 1.29 is 23.8 Å². The first kappa shape index (κ1) is 19.7. The van der Waals surface area contributed by atoms with Crippen molar-refractivity contribution in [2.75, 3.05) is 34.0 Å². The predicted molar refractivity (Wildman–Crippen MR) is 89.8 cm³/mol. The molecule has 0 saturated heterocycles. The van der Waals surface area contributed by atoms with Crippen molar-refractivity contribution in [3.63, 3.8) is 0 Å². The molecule has 8 nitrogen and oxygen atoms in total. The molecule has 0 spiro atoms. The highest BCUT2D eigenvalue weighted by Crippen LogP contribution is 2.35. The third kappa shape index (κ3) is 6.05. The van der Waals surface area contributed by atoms with Gasteiger partial charge < -0.3 is 19.5 Å². The molecule has 1 rings (SSSR count). The van der Waals surface area contributed by atoms with Crippen LogP contribution in [-0.4, -0.2) is 52.0 Å². The minimum Gasteiger partial charge on any atom is -0.491 e. The second-order valence-electron chi connectivity index (χ2n) is 4.41. The summed E-state index contributed by atoms with van der Waals surface area (Å²) in [4.78, 5) is 22.9. The van der Waals surface area contributed by atoms with Crippen LogP contribution in [0.1, 0.15) is 12.5 Å². The van der Waals surface area contributed by atoms with Crippen LogP contribution in [-0.2, 0) is 14.3 Å². The Balaban J connectivity index is 2.70. The van der Waals surface area contributed by atoms with Crippen LogP contribution in [0.4, 0.5) is 0 Å². The molecule has 0 fully saturated rings. The minimum atomic E-state index is -0.882. The Bertz CT molecular complexity index is 607. The van der Waals surface area contributed by atoms with Gasteiger partial charge in [0.15, 0.2) is 11.5 Å². The highest BCUT2D eigenvalue weighted by atomic mass is 35.5. The van der Waals surface area contributed by atoms with Crippen LogP contribution in [0, 0.1) is 0 Å². The number of hydrazone groups is 1. The maximum absolute atomic E-state index is 11.5. The smallest absolute Gasteiger partial charge is 0.329 e. The lowest BCUT2D eigenvalue weighted by Gasteiger charge is -2.11. The molecule has 2 amide bonds. The molecule has 9 heteroatoms. The zero-order valence-corrected chi connectivity index (χ0v) is 14.5. The van der Waals surface area contributed by atoms with Crippen molar-refractivity contribution in [2.24, 2.45) is 5.10 Å². The number of halogens is 1. The van der Waals surface area contributed by atoms with Gasteiger partial charge in [-0.05, 0) is 24.6 Å². The fourth-order valence-corrected chi connectivity index (χ4v) is 1.98. The molecule has 24 heavy (non-hydrogen) atoms. The van der Waals surface area contributed by atoms with Gasteiger partial charge in [0.25, 0.3) is 0 Å². The van der Waals surface area contributed by atoms with Crippen molar-refractivity contribution in [1.29, 1.82) is 0 Å². The lowest BCUT2D eigenvalue weighted by Crippen LogP contribution is -2.39. The zero-order chi connectivity index (χ0) is 17.9. The number of nitrogens with one attached hydrogen (secondary N) is 2. The van der Waals surface area contributed by atoms with Crippen LogP contribution in [0.25, 0.3) is 0 Å². The maximum atomic E-state index is 11.5. The van der Waals surface area contributed by atoms with Gasteiger partial charge >= 0.3 is 11.8 Å². The summed E-state index contributed by atoms with van der Waals surface area (Å²) in [6.07, 6.45) is 1.34. The van der Waals surface area contributed by atoms with E-state index < -0.39 is 11.8 Å². The molecule has 1 aromatic rings. The average molecular weight is 358 g/mol. The van der Waals surface area contributed by atoms with Crippen molar-refractivity contribution in [1.82, 2.24) is 10.7 Å². The van der Waals surface area contributed by atoms with Crippen LogP contribution in [0.2, 0.25) is 5.02 Å². The van der Waals surface area contributed by atoms with Crippen LogP contribution in [0.3, 0.4) is 0 Å². The van der Waals surface area contributed by atoms with Crippen molar-refractivity contribution in [3.05, 3.63) is 22.7 Å². The molecule has 0 aliphatic rings. The average Bonchev–Trinajstić information content (AvgIpc) is 2.55. The molecule has 0 saturated carbocycles. The van der Waals surface area contributed by atoms with E-state index in [0.717, 1.165) is 0 Å². The molecular formula is C15H20ClN3O5. The second kappa shape index (κ2) is 10.5. The molecule has 0 aliphatic carbocycles. The van der Waals surface area contributed by atoms with E-state index in [2.05, 4.69) is 15.8 Å². The number of amides is 2. The summed E-state index contributed by atoms with van der Waals surface area (Å²) in [5, 5.41) is 6.43. The van der Waals surface area contributed by atoms with Gasteiger partial charge in [-0.1, -0.05) is 11.6 Å². The van der Waals surface area contributed by atoms with Crippen molar-refractivity contribution in [2.45, 2.75) is 6.92 Å². The zero-order valence-electron chi connectivity index (χ0n) is 13.7. The van der Waals surface area contributed by atoms with Crippen LogP contribution < -0.4 is 20.2 Å². The predicted octanol–water partition coefficient (Wildman–Crippen LogP) is 0.960. The first-order chi connectivity index (χ1) is 11.5. The molecule has 0 aromatic heterocycles. The summed E-state index contributed by atoms with van der Waals surface area (Å²) >= 11 is 6.10. The van der Waals surface area contributed by atoms with Gasteiger partial charge in [-0.25, -0.2) is 5.43 Å². The maximum Gasteiger partial charge on any atom is 0.329 e. The summed E-state index contributed by atoms with van der Waals surface area (Å²) in [6.45, 7) is 2.81. The van der Waals surface area contributed by atoms with Crippen LogP contribution in [0.5, 0.6) is 11.5 Å². The Labute approximate surface area is 145 Å². The Morgan fingerprint density at radius 3 is 2.67 bits per heavy atom. The molecule has 0 heterocycles. The monoisotopic (exact) mass is 357 g/mol. The number of carbonyl (C=O) groups excluding carboxylic acids is 2. The summed E-state index contributed by atoms with van der Waals surface area (Å²) in [7, 11) is 2.98. The fraction of sp³-hybridized carbons (Fsp3) is 0.400. The standard InChI is InChI=1S/C15H20ClN3O5/c1-4-24-12-8-10(7-11(16)13(12)23-3)9-18-19-15(21)14(20)17-5-6-22-2/h7-9H,4-6H2,1-3H3,(H,17,20)(H,19,21)/b18-9-. The van der Waals surface area contributed by atoms with Crippen LogP contribution >= 0.6 is 11.6 Å². The molecule has 1 aromatic carbocycles. The number of methoxy groups -OCH3 is 2. The van der Waals surface area contributed by atoms with Gasteiger partial charge in [0, 0.05) is 13.7 Å². The SMILES string of the molecule is CCOc1cc(/C=N\NC(=O)C(=O)NCCOC)cc(Cl)c1OC. The molecule has 0 bridgehead atoms. The molecular weight excluding hydrogens is 338 g/mol. The highest BCUT2D eigenvalue weighted by molar-refractivity contribution is 6.35. The van der Waals surface area contributed by atoms with Gasteiger partial charge in [-0.2, -0.15) is 5.10 Å². The Hall–Kier alpha value is -2.32. The molecule has 0 aliphatic heterocycles. The normalized spacial score (nSPS) is 10.5. The number of ether oxygens (including phenoxy) is 3. The number of benzene rings is 1. The van der Waals surface area contributed by atoms with E-state index in [9.17, 15) is 9.59 Å². The summed E-state index contributed by atoms with van der Waals surface area (Å²) < 4.78 is 15.4. The topological polar surface area (TPSA) is 98.2 Å². The lowest BCUT2D eigenvalue weighted by atomic mass is 10.2. The van der Waals surface area contributed by atoms with E-state index in [-0.39, 0.29) is 6.54 Å². The lowest BCUT2D eigenvalue weighted by molar-refractivity contribution is -0.139. The van der Waals surface area contributed by atoms with Crippen LogP contribution in [0.15, 0.2) is 17.2 Å². The van der Waals surface area contributed by atoms with Gasteiger partial charge in [0.1, 0.15) is 0 Å². The van der Waals surface area contributed by atoms with Crippen molar-refractivity contribution >= 4 is 29.6 Å². The summed E-state index contributed by atoms with van der Waals surface area (Å²) in [5.74, 6) is -0.811. The van der Waals surface area contributed by atoms with E-state index in [0.29, 0.717) is 35.3 Å². The molecule has 0 atom stereocenters. The molecule has 0 unspecified atom stereocenters. The Morgan fingerprint density at radius 2 is 2.04 bits per heavy atom. The first-order valence-electron chi connectivity index (χ1n) is 7.14. The fourth-order valence-electron chi connectivity index (χ4n) is 1.69. The number of hydrogen-bond acceptors (Lipinski definition) is 6. The summed E-state index contributed by atoms with van der Waals surface area (Å²) in [6, 6.07) is 3.25. The van der Waals surface area contributed by atoms with E-state index >= 15 is 0 Å². The van der Waals surface area contributed by atoms with E-state index in [1.165, 1.54) is 20.4 Å². The molecule has 132 valence electrons. The highest BCUT2D eigenvalue weighted by Gasteiger charge is 2.12. The number of rotatable bonds is 8. The van der Waals surface area contributed by atoms with E-state index in [4.69, 9.17) is 25.8 Å². The van der Waals surface area contributed by atoms with Gasteiger partial charge in [-0.15, -0.1) is 0 Å². The minimum absolute atomic E-state index is 0.234. The number of nitrogens with zero attached hydrogens (tertiary/aromatic N) is 1. The van der Waals surface area contributed by atoms with Crippen molar-refractivity contribution in [3.8, 4) is 11.5 Å². The van der Waals surface area contributed by atoms with Gasteiger partial charge in [0.05, 0.1) is 31.6 Å². The number of carbonyl (C=O) groups is 2. The van der Waals surface area contributed by atoms with E-state index in [1.54, 1.807) is 12.1 Å². The van der Waals surface area contributed by atoms with Gasteiger partial charge in [-0.3, -0.25) is 9.59 Å². The summed E-state index contributed by atoms with van der Waals surface area (Å²) in [5.41, 5.74) is 2.69. The van der Waals surface area contributed by atoms with Gasteiger partial charge in [0.2, 0.25) is 0 Å². The third-order valence-corrected chi connectivity index (χ3v) is 2.99. The quantitative estimate of drug-likeness (QED) is 0.312. The largest absolute Gasteiger partial charge is 0.491 e. The Morgan fingerprint density at radius 1 is 1.29 bits per heavy atom. The first-order valence-corrected chi connectivity index (χ1v) is 7.51. The number of hydrogen-bond donors (Lipinski definition) is 2. The molecule has 2 N–H and O–H groups in total. The second-order valence-corrected chi connectivity index (χ2v) is 4.82. The van der Waals surface area contributed by atoms with E-state index in [1.807, 2.05) is 6.92 Å². The Kier molecular flexibility index (Phi) is 8.59. The molecule has 0 radical (unpaired) electrons.